The molecule has 1 saturated heterocycles. The summed E-state index contributed by atoms with van der Waals surface area (Å²) in [6, 6.07) is 4.18. The van der Waals surface area contributed by atoms with Crippen molar-refractivity contribution in [3.8, 4) is 11.5 Å². The number of nitrogens with zero attached hydrogens (tertiary/aromatic N) is 1. The molecule has 0 amide bonds. The normalized spacial score (nSPS) is 23.7. The van der Waals surface area contributed by atoms with Crippen LogP contribution in [0.1, 0.15) is 43.7 Å². The predicted molar refractivity (Wildman–Crippen MR) is 102 cm³/mol. The van der Waals surface area contributed by atoms with Crippen molar-refractivity contribution in [1.82, 2.24) is 10.2 Å². The summed E-state index contributed by atoms with van der Waals surface area (Å²) in [7, 11) is 3.37. The highest BCUT2D eigenvalue weighted by Crippen LogP contribution is 2.42. The van der Waals surface area contributed by atoms with Gasteiger partial charge in [0, 0.05) is 17.5 Å². The van der Waals surface area contributed by atoms with Gasteiger partial charge in [0.2, 0.25) is 0 Å². The van der Waals surface area contributed by atoms with Gasteiger partial charge in [0.15, 0.2) is 11.5 Å². The van der Waals surface area contributed by atoms with Crippen molar-refractivity contribution in [3.63, 3.8) is 0 Å². The molecule has 0 aliphatic carbocycles. The first-order chi connectivity index (χ1) is 11.6. The summed E-state index contributed by atoms with van der Waals surface area (Å²) in [6.45, 7) is 6.81. The van der Waals surface area contributed by atoms with E-state index in [1.165, 1.54) is 31.5 Å². The van der Waals surface area contributed by atoms with Crippen molar-refractivity contribution >= 4 is 17.2 Å². The molecular weight excluding hydrogens is 320 g/mol. The van der Waals surface area contributed by atoms with Gasteiger partial charge in [-0.05, 0) is 63.0 Å². The average molecular weight is 349 g/mol. The van der Waals surface area contributed by atoms with E-state index < -0.39 is 0 Å². The maximum Gasteiger partial charge on any atom is 0.161 e. The minimum atomic E-state index is 0.0970. The Kier molecular flexibility index (Phi) is 5.30. The van der Waals surface area contributed by atoms with Crippen LogP contribution in [0.2, 0.25) is 0 Å². The maximum absolute atomic E-state index is 5.57. The molecule has 24 heavy (non-hydrogen) atoms. The van der Waals surface area contributed by atoms with Crippen molar-refractivity contribution in [2.24, 2.45) is 0 Å². The molecule has 0 spiro atoms. The lowest BCUT2D eigenvalue weighted by molar-refractivity contribution is 0.268. The Labute approximate surface area is 150 Å². The van der Waals surface area contributed by atoms with Crippen molar-refractivity contribution in [2.45, 2.75) is 38.0 Å². The molecule has 0 saturated carbocycles. The average Bonchev–Trinajstić information content (AvgIpc) is 3.14. The van der Waals surface area contributed by atoms with Gasteiger partial charge in [-0.2, -0.15) is 0 Å². The van der Waals surface area contributed by atoms with Crippen molar-refractivity contribution in [3.05, 3.63) is 23.3 Å². The minimum absolute atomic E-state index is 0.0970. The number of nitrogens with one attached hydrogen (secondary N) is 1. The number of hydrogen-bond donors (Lipinski definition) is 1. The second kappa shape index (κ2) is 7.28. The van der Waals surface area contributed by atoms with E-state index in [4.69, 9.17) is 21.7 Å². The zero-order chi connectivity index (χ0) is 17.2. The molecule has 1 aromatic carbocycles. The highest BCUT2D eigenvalue weighted by molar-refractivity contribution is 7.80. The fraction of sp³-hybridized carbons (Fsp3) is 0.632. The van der Waals surface area contributed by atoms with Crippen LogP contribution >= 0.6 is 12.2 Å². The van der Waals surface area contributed by atoms with Gasteiger partial charge in [-0.3, -0.25) is 0 Å². The first kappa shape index (κ1) is 17.5. The van der Waals surface area contributed by atoms with Crippen LogP contribution in [0.3, 0.4) is 0 Å². The number of benzene rings is 1. The molecule has 2 heterocycles. The summed E-state index contributed by atoms with van der Waals surface area (Å²) in [5, 5.41) is 3.46. The molecule has 2 aliphatic heterocycles. The van der Waals surface area contributed by atoms with Crippen LogP contribution in [-0.2, 0) is 5.41 Å². The van der Waals surface area contributed by atoms with Gasteiger partial charge in [-0.15, -0.1) is 0 Å². The van der Waals surface area contributed by atoms with Gasteiger partial charge >= 0.3 is 0 Å². The molecular formula is C19H28N2O2S. The Morgan fingerprint density at radius 3 is 2.46 bits per heavy atom. The molecule has 1 fully saturated rings. The number of fused-ring (bicyclic) bond motifs is 1. The lowest BCUT2D eigenvalue weighted by atomic mass is 9.71. The lowest BCUT2D eigenvalue weighted by Gasteiger charge is -2.41. The fourth-order valence-electron chi connectivity index (χ4n) is 4.04. The SMILES string of the molecule is CCC1(CCN2CCCC2)CNC(=S)c2cc(OC)c(OC)cc21. The second-order valence-electron chi connectivity index (χ2n) is 6.87. The quantitative estimate of drug-likeness (QED) is 0.799. The topological polar surface area (TPSA) is 33.7 Å². The summed E-state index contributed by atoms with van der Waals surface area (Å²) >= 11 is 5.57. The van der Waals surface area contributed by atoms with Gasteiger partial charge in [-0.25, -0.2) is 0 Å². The highest BCUT2D eigenvalue weighted by atomic mass is 32.1. The van der Waals surface area contributed by atoms with Crippen molar-refractivity contribution < 1.29 is 9.47 Å². The Morgan fingerprint density at radius 1 is 1.17 bits per heavy atom. The zero-order valence-corrected chi connectivity index (χ0v) is 15.8. The minimum Gasteiger partial charge on any atom is -0.493 e. The molecule has 5 heteroatoms. The van der Waals surface area contributed by atoms with E-state index in [9.17, 15) is 0 Å². The molecule has 1 aromatic rings. The molecule has 1 atom stereocenters. The van der Waals surface area contributed by atoms with Crippen molar-refractivity contribution in [2.75, 3.05) is 40.4 Å². The summed E-state index contributed by atoms with van der Waals surface area (Å²) in [6.07, 6.45) is 4.90. The number of likely N-dealkylation sites (tertiary alicyclic amines) is 1. The third-order valence-corrected chi connectivity index (χ3v) is 6.07. The first-order valence-corrected chi connectivity index (χ1v) is 9.31. The van der Waals surface area contributed by atoms with Gasteiger partial charge < -0.3 is 19.7 Å². The van der Waals surface area contributed by atoms with E-state index in [2.05, 4.69) is 23.2 Å². The van der Waals surface area contributed by atoms with E-state index in [0.29, 0.717) is 0 Å². The van der Waals surface area contributed by atoms with E-state index in [0.717, 1.165) is 48.0 Å². The lowest BCUT2D eigenvalue weighted by Crippen LogP contribution is -2.47. The zero-order valence-electron chi connectivity index (χ0n) is 15.0. The van der Waals surface area contributed by atoms with Gasteiger partial charge in [0.05, 0.1) is 14.2 Å². The molecule has 1 unspecified atom stereocenters. The number of thiocarbonyl (C=S) groups is 1. The molecule has 0 radical (unpaired) electrons. The Morgan fingerprint density at radius 2 is 1.83 bits per heavy atom. The number of rotatable bonds is 6. The number of methoxy groups -OCH3 is 2. The third kappa shape index (κ3) is 3.11. The number of ether oxygens (including phenoxy) is 2. The standard InChI is InChI=1S/C19H28N2O2S/c1-4-19(7-10-21-8-5-6-9-21)13-20-18(24)14-11-16(22-2)17(23-3)12-15(14)19/h11-12H,4-10,13H2,1-3H3,(H,20,24). The number of hydrogen-bond acceptors (Lipinski definition) is 4. The summed E-state index contributed by atoms with van der Waals surface area (Å²) < 4.78 is 11.0. The Bertz CT molecular complexity index is 614. The van der Waals surface area contributed by atoms with Gasteiger partial charge in [0.25, 0.3) is 0 Å². The van der Waals surface area contributed by atoms with Crippen LogP contribution in [0.25, 0.3) is 0 Å². The van der Waals surface area contributed by atoms with E-state index >= 15 is 0 Å². The molecule has 4 nitrogen and oxygen atoms in total. The van der Waals surface area contributed by atoms with E-state index in [1.54, 1.807) is 14.2 Å². The van der Waals surface area contributed by atoms with Crippen LogP contribution in [-0.4, -0.2) is 50.3 Å². The molecule has 1 N–H and O–H groups in total. The Balaban J connectivity index is 1.96. The van der Waals surface area contributed by atoms with Crippen LogP contribution in [0, 0.1) is 0 Å². The van der Waals surface area contributed by atoms with Gasteiger partial charge in [0.1, 0.15) is 4.99 Å². The summed E-state index contributed by atoms with van der Waals surface area (Å²) in [5.74, 6) is 1.53. The first-order valence-electron chi connectivity index (χ1n) is 8.90. The van der Waals surface area contributed by atoms with Gasteiger partial charge in [-0.1, -0.05) is 19.1 Å². The predicted octanol–water partition coefficient (Wildman–Crippen LogP) is 3.12. The third-order valence-electron chi connectivity index (χ3n) is 5.71. The van der Waals surface area contributed by atoms with Crippen LogP contribution in [0.5, 0.6) is 11.5 Å². The van der Waals surface area contributed by atoms with Crippen LogP contribution < -0.4 is 14.8 Å². The molecule has 2 aliphatic rings. The second-order valence-corrected chi connectivity index (χ2v) is 7.28. The van der Waals surface area contributed by atoms with Crippen LogP contribution in [0.4, 0.5) is 0 Å². The molecule has 132 valence electrons. The van der Waals surface area contributed by atoms with E-state index in [1.807, 2.05) is 6.07 Å². The smallest absolute Gasteiger partial charge is 0.161 e. The summed E-state index contributed by atoms with van der Waals surface area (Å²) in [5.41, 5.74) is 2.50. The molecule has 0 bridgehead atoms. The molecule has 3 rings (SSSR count). The largest absolute Gasteiger partial charge is 0.493 e. The monoisotopic (exact) mass is 348 g/mol. The van der Waals surface area contributed by atoms with E-state index in [-0.39, 0.29) is 5.41 Å². The maximum atomic E-state index is 5.57. The fourth-order valence-corrected chi connectivity index (χ4v) is 4.28. The Hall–Kier alpha value is -1.33. The highest BCUT2D eigenvalue weighted by Gasteiger charge is 2.38. The summed E-state index contributed by atoms with van der Waals surface area (Å²) in [4.78, 5) is 3.40. The van der Waals surface area contributed by atoms with Crippen molar-refractivity contribution in [1.29, 1.82) is 0 Å². The molecule has 0 aromatic heterocycles. The van der Waals surface area contributed by atoms with Crippen LogP contribution in [0.15, 0.2) is 12.1 Å².